The van der Waals surface area contributed by atoms with Gasteiger partial charge in [-0.25, -0.2) is 0 Å². The predicted molar refractivity (Wildman–Crippen MR) is 92.4 cm³/mol. The molecule has 2 aromatic carbocycles. The van der Waals surface area contributed by atoms with Crippen molar-refractivity contribution in [1.29, 1.82) is 0 Å². The highest BCUT2D eigenvalue weighted by Crippen LogP contribution is 2.46. The fraction of sp³-hybridized carbons (Fsp3) is 0.294. The Morgan fingerprint density at radius 1 is 0.826 bits per heavy atom. The molecule has 0 aliphatic rings. The van der Waals surface area contributed by atoms with Crippen molar-refractivity contribution in [2.75, 3.05) is 34.6 Å². The zero-order chi connectivity index (χ0) is 16.9. The first kappa shape index (κ1) is 17.4. The molecule has 1 atom stereocenters. The fourth-order valence-corrected chi connectivity index (χ4v) is 4.29. The van der Waals surface area contributed by atoms with E-state index in [1.807, 2.05) is 19.0 Å². The molecule has 2 rings (SSSR count). The minimum absolute atomic E-state index is 0.311. The molecule has 0 aliphatic heterocycles. The van der Waals surface area contributed by atoms with Crippen molar-refractivity contribution in [1.82, 2.24) is 4.90 Å². The molecule has 0 saturated heterocycles. The molecule has 0 amide bonds. The number of rotatable bonds is 7. The zero-order valence-corrected chi connectivity index (χ0v) is 14.7. The van der Waals surface area contributed by atoms with E-state index < -0.39 is 7.37 Å². The van der Waals surface area contributed by atoms with Crippen LogP contribution in [0.2, 0.25) is 0 Å². The van der Waals surface area contributed by atoms with Crippen molar-refractivity contribution in [2.45, 2.75) is 0 Å². The van der Waals surface area contributed by atoms with Crippen LogP contribution in [0.25, 0.3) is 0 Å². The summed E-state index contributed by atoms with van der Waals surface area (Å²) in [6.07, 6.45) is 0.311. The van der Waals surface area contributed by atoms with Crippen LogP contribution in [0.3, 0.4) is 0 Å². The molecule has 1 unspecified atom stereocenters. The predicted octanol–water partition coefficient (Wildman–Crippen LogP) is 3.21. The third-order valence-corrected chi connectivity index (χ3v) is 5.78. The summed E-state index contributed by atoms with van der Waals surface area (Å²) in [4.78, 5) is 1.86. The smallest absolute Gasteiger partial charge is 0.290 e. The van der Waals surface area contributed by atoms with Crippen molar-refractivity contribution >= 4 is 12.7 Å². The molecular weight excluding hydrogens is 313 g/mol. The Morgan fingerprint density at radius 3 is 1.70 bits per heavy atom. The van der Waals surface area contributed by atoms with Gasteiger partial charge in [0.05, 0.1) is 20.5 Å². The number of ether oxygens (including phenoxy) is 2. The van der Waals surface area contributed by atoms with Gasteiger partial charge in [0.1, 0.15) is 17.2 Å². The molecule has 0 spiro atoms. The van der Waals surface area contributed by atoms with E-state index in [2.05, 4.69) is 0 Å². The fourth-order valence-electron chi connectivity index (χ4n) is 2.15. The molecule has 0 aromatic heterocycles. The van der Waals surface area contributed by atoms with E-state index in [0.29, 0.717) is 17.3 Å². The third kappa shape index (κ3) is 4.50. The van der Waals surface area contributed by atoms with Crippen molar-refractivity contribution < 1.29 is 18.6 Å². The van der Waals surface area contributed by atoms with Crippen LogP contribution < -0.4 is 19.3 Å². The van der Waals surface area contributed by atoms with Gasteiger partial charge >= 0.3 is 0 Å². The monoisotopic (exact) mass is 335 g/mol. The Hall–Kier alpha value is -1.97. The Morgan fingerprint density at radius 2 is 1.26 bits per heavy atom. The van der Waals surface area contributed by atoms with Crippen LogP contribution in [0.15, 0.2) is 48.5 Å². The minimum atomic E-state index is -3.07. The van der Waals surface area contributed by atoms with Crippen LogP contribution in [0.1, 0.15) is 0 Å². The first-order valence-corrected chi connectivity index (χ1v) is 9.00. The molecule has 2 aromatic rings. The van der Waals surface area contributed by atoms with Gasteiger partial charge in [-0.1, -0.05) is 0 Å². The maximum atomic E-state index is 13.4. The van der Waals surface area contributed by atoms with Crippen molar-refractivity contribution in [2.24, 2.45) is 0 Å². The Labute approximate surface area is 137 Å². The van der Waals surface area contributed by atoms with Gasteiger partial charge in [0.25, 0.3) is 7.37 Å². The highest BCUT2D eigenvalue weighted by molar-refractivity contribution is 7.67. The Kier molecular flexibility index (Phi) is 5.69. The van der Waals surface area contributed by atoms with Crippen LogP contribution in [0.5, 0.6) is 17.2 Å². The second kappa shape index (κ2) is 7.53. The minimum Gasteiger partial charge on any atom is -0.497 e. The standard InChI is InChI=1S/C17H22NO4P/c1-18(2)13-23(19,17-11-9-15(21-4)10-12-17)22-16-7-5-14(20-3)6-8-16/h5-12H,13H2,1-4H3. The molecular formula is C17H22NO4P. The van der Waals surface area contributed by atoms with Crippen molar-refractivity contribution in [3.8, 4) is 17.2 Å². The van der Waals surface area contributed by atoms with Gasteiger partial charge in [-0.05, 0) is 62.6 Å². The zero-order valence-electron chi connectivity index (χ0n) is 13.9. The van der Waals surface area contributed by atoms with Crippen molar-refractivity contribution in [3.05, 3.63) is 48.5 Å². The molecule has 0 radical (unpaired) electrons. The second-order valence-electron chi connectivity index (χ2n) is 5.36. The van der Waals surface area contributed by atoms with Crippen molar-refractivity contribution in [3.63, 3.8) is 0 Å². The van der Waals surface area contributed by atoms with Gasteiger partial charge < -0.3 is 14.0 Å². The summed E-state index contributed by atoms with van der Waals surface area (Å²) >= 11 is 0. The quantitative estimate of drug-likeness (QED) is 0.727. The molecule has 0 heterocycles. The van der Waals surface area contributed by atoms with E-state index in [0.717, 1.165) is 11.5 Å². The lowest BCUT2D eigenvalue weighted by atomic mass is 10.3. The highest BCUT2D eigenvalue weighted by Gasteiger charge is 2.28. The topological polar surface area (TPSA) is 48.0 Å². The van der Waals surface area contributed by atoms with E-state index in [-0.39, 0.29) is 0 Å². The molecule has 6 heteroatoms. The Bertz CT molecular complexity index is 668. The van der Waals surface area contributed by atoms with E-state index in [9.17, 15) is 4.57 Å². The summed E-state index contributed by atoms with van der Waals surface area (Å²) in [5.41, 5.74) is 0. The average molecular weight is 335 g/mol. The summed E-state index contributed by atoms with van der Waals surface area (Å²) in [6.45, 7) is 0. The van der Waals surface area contributed by atoms with Gasteiger partial charge in [0.15, 0.2) is 0 Å². The van der Waals surface area contributed by atoms with Gasteiger partial charge in [0.2, 0.25) is 0 Å². The van der Waals surface area contributed by atoms with Crippen LogP contribution in [0.4, 0.5) is 0 Å². The summed E-state index contributed by atoms with van der Waals surface area (Å²) in [5, 5.41) is 0.655. The Balaban J connectivity index is 2.31. The lowest BCUT2D eigenvalue weighted by molar-refractivity contribution is 0.411. The van der Waals surface area contributed by atoms with Crippen LogP contribution in [0, 0.1) is 0 Å². The lowest BCUT2D eigenvalue weighted by Crippen LogP contribution is -2.22. The summed E-state index contributed by atoms with van der Waals surface area (Å²) < 4.78 is 29.6. The molecule has 0 aliphatic carbocycles. The van der Waals surface area contributed by atoms with Crippen LogP contribution in [-0.4, -0.2) is 39.5 Å². The number of nitrogens with zero attached hydrogens (tertiary/aromatic N) is 1. The summed E-state index contributed by atoms with van der Waals surface area (Å²) in [6, 6.07) is 14.2. The second-order valence-corrected chi connectivity index (χ2v) is 7.69. The lowest BCUT2D eigenvalue weighted by Gasteiger charge is -2.23. The summed E-state index contributed by atoms with van der Waals surface area (Å²) in [5.74, 6) is 1.99. The maximum Gasteiger partial charge on any atom is 0.290 e. The van der Waals surface area contributed by atoms with Gasteiger partial charge in [-0.15, -0.1) is 0 Å². The van der Waals surface area contributed by atoms with E-state index in [1.165, 1.54) is 0 Å². The van der Waals surface area contributed by atoms with Crippen LogP contribution in [-0.2, 0) is 4.57 Å². The molecule has 23 heavy (non-hydrogen) atoms. The number of methoxy groups -OCH3 is 2. The van der Waals surface area contributed by atoms with E-state index in [1.54, 1.807) is 62.8 Å². The van der Waals surface area contributed by atoms with Gasteiger partial charge in [0, 0.05) is 5.30 Å². The molecule has 0 saturated carbocycles. The van der Waals surface area contributed by atoms with Gasteiger partial charge in [-0.3, -0.25) is 9.46 Å². The SMILES string of the molecule is COc1ccc(OP(=O)(CN(C)C)c2ccc(OC)cc2)cc1. The molecule has 5 nitrogen and oxygen atoms in total. The maximum absolute atomic E-state index is 13.4. The molecule has 0 bridgehead atoms. The first-order chi connectivity index (χ1) is 11.0. The average Bonchev–Trinajstić information content (AvgIpc) is 2.55. The number of hydrogen-bond acceptors (Lipinski definition) is 5. The van der Waals surface area contributed by atoms with E-state index in [4.69, 9.17) is 14.0 Å². The largest absolute Gasteiger partial charge is 0.497 e. The molecule has 0 N–H and O–H groups in total. The van der Waals surface area contributed by atoms with Crippen LogP contribution >= 0.6 is 7.37 Å². The summed E-state index contributed by atoms with van der Waals surface area (Å²) in [7, 11) is 3.86. The molecule has 0 fully saturated rings. The highest BCUT2D eigenvalue weighted by atomic mass is 31.2. The van der Waals surface area contributed by atoms with Gasteiger partial charge in [-0.2, -0.15) is 0 Å². The van der Waals surface area contributed by atoms with E-state index >= 15 is 0 Å². The normalized spacial score (nSPS) is 13.4. The third-order valence-electron chi connectivity index (χ3n) is 3.25. The first-order valence-electron chi connectivity index (χ1n) is 7.19. The number of benzene rings is 2. The molecule has 124 valence electrons. The number of hydrogen-bond donors (Lipinski definition) is 0.